The van der Waals surface area contributed by atoms with E-state index in [9.17, 15) is 0 Å². The molecule has 1 N–H and O–H groups in total. The number of aryl methyl sites for hydroxylation is 1. The second-order valence-electron chi connectivity index (χ2n) is 8.18. The normalized spacial score (nSPS) is 10.9. The summed E-state index contributed by atoms with van der Waals surface area (Å²) in [6.45, 7) is 3.16. The van der Waals surface area contributed by atoms with Gasteiger partial charge in [-0.15, -0.1) is 11.3 Å². The van der Waals surface area contributed by atoms with E-state index in [1.165, 1.54) is 10.3 Å². The van der Waals surface area contributed by atoms with Crippen LogP contribution < -0.4 is 14.8 Å². The van der Waals surface area contributed by atoms with Crippen LogP contribution in [0.15, 0.2) is 79.0 Å². The summed E-state index contributed by atoms with van der Waals surface area (Å²) in [7, 11) is 1.64. The number of benzene rings is 3. The van der Waals surface area contributed by atoms with Gasteiger partial charge in [0.05, 0.1) is 17.3 Å². The van der Waals surface area contributed by atoms with Crippen molar-refractivity contribution in [1.29, 1.82) is 0 Å². The third-order valence-corrected chi connectivity index (χ3v) is 6.87. The number of fused-ring (bicyclic) bond motifs is 1. The van der Waals surface area contributed by atoms with Gasteiger partial charge in [0.2, 0.25) is 0 Å². The number of ether oxygens (including phenoxy) is 2. The minimum atomic E-state index is 0.388. The van der Waals surface area contributed by atoms with Crippen LogP contribution >= 0.6 is 22.9 Å². The number of rotatable bonds is 8. The Morgan fingerprint density at radius 1 is 0.914 bits per heavy atom. The number of nitrogens with one attached hydrogen (secondary N) is 1. The van der Waals surface area contributed by atoms with E-state index in [0.29, 0.717) is 29.8 Å². The van der Waals surface area contributed by atoms with E-state index in [1.807, 2.05) is 24.3 Å². The van der Waals surface area contributed by atoms with E-state index < -0.39 is 0 Å². The van der Waals surface area contributed by atoms with Crippen molar-refractivity contribution in [2.45, 2.75) is 20.1 Å². The lowest BCUT2D eigenvalue weighted by Crippen LogP contribution is -2.02. The summed E-state index contributed by atoms with van der Waals surface area (Å²) >= 11 is 7.57. The van der Waals surface area contributed by atoms with E-state index >= 15 is 0 Å². The maximum atomic E-state index is 5.92. The summed E-state index contributed by atoms with van der Waals surface area (Å²) in [5.41, 5.74) is 6.49. The van der Waals surface area contributed by atoms with Crippen molar-refractivity contribution in [2.75, 3.05) is 12.4 Å². The molecule has 5 aromatic rings. The molecular formula is C28H24ClN3O2S. The minimum Gasteiger partial charge on any atom is -0.493 e. The number of hydrogen-bond donors (Lipinski definition) is 1. The van der Waals surface area contributed by atoms with Crippen molar-refractivity contribution in [3.05, 3.63) is 101 Å². The van der Waals surface area contributed by atoms with E-state index in [2.05, 4.69) is 59.7 Å². The quantitative estimate of drug-likeness (QED) is 0.223. The lowest BCUT2D eigenvalue weighted by molar-refractivity contribution is 0.284. The molecule has 0 aliphatic rings. The number of thiazole rings is 1. The van der Waals surface area contributed by atoms with E-state index in [1.54, 1.807) is 30.7 Å². The van der Waals surface area contributed by atoms with Crippen LogP contribution in [0, 0.1) is 6.92 Å². The standard InChI is InChI=1S/C28H24ClN3O2S/c1-18-3-10-23-26(13-18)35-28(32-23)21-6-8-22(9-7-21)30-15-19-4-11-24(25(14-19)33-2)34-17-20-5-12-27(29)31-16-20/h3-14,16,30H,15,17H2,1-2H3. The fourth-order valence-electron chi connectivity index (χ4n) is 3.68. The van der Waals surface area contributed by atoms with Crippen LogP contribution in [0.25, 0.3) is 20.8 Å². The molecule has 5 nitrogen and oxygen atoms in total. The molecule has 0 aliphatic heterocycles. The zero-order valence-corrected chi connectivity index (χ0v) is 21.0. The number of methoxy groups -OCH3 is 1. The minimum absolute atomic E-state index is 0.388. The molecule has 35 heavy (non-hydrogen) atoms. The monoisotopic (exact) mass is 501 g/mol. The summed E-state index contributed by atoms with van der Waals surface area (Å²) in [6, 6.07) is 24.3. The topological polar surface area (TPSA) is 56.3 Å². The Labute approximate surface area is 213 Å². The van der Waals surface area contributed by atoms with Crippen molar-refractivity contribution < 1.29 is 9.47 Å². The summed E-state index contributed by atoms with van der Waals surface area (Å²) < 4.78 is 12.7. The predicted octanol–water partition coefficient (Wildman–Crippen LogP) is 7.52. The van der Waals surface area contributed by atoms with Crippen LogP contribution in [0.2, 0.25) is 5.15 Å². The molecule has 5 rings (SSSR count). The Kier molecular flexibility index (Phi) is 6.84. The Bertz CT molecular complexity index is 1450. The maximum absolute atomic E-state index is 5.92. The van der Waals surface area contributed by atoms with Crippen LogP contribution in [0.3, 0.4) is 0 Å². The van der Waals surface area contributed by atoms with Crippen molar-refractivity contribution in [3.8, 4) is 22.1 Å². The number of pyridine rings is 1. The number of halogens is 1. The molecule has 3 aromatic carbocycles. The van der Waals surface area contributed by atoms with Crippen LogP contribution in [-0.4, -0.2) is 17.1 Å². The Hall–Kier alpha value is -3.61. The average molecular weight is 502 g/mol. The van der Waals surface area contributed by atoms with Gasteiger partial charge in [-0.3, -0.25) is 0 Å². The van der Waals surface area contributed by atoms with Crippen molar-refractivity contribution >= 4 is 38.8 Å². The molecule has 0 amide bonds. The Morgan fingerprint density at radius 2 is 1.74 bits per heavy atom. The number of anilines is 1. The number of aromatic nitrogens is 2. The van der Waals surface area contributed by atoms with E-state index in [4.69, 9.17) is 26.1 Å². The third-order valence-electron chi connectivity index (χ3n) is 5.58. The second-order valence-corrected chi connectivity index (χ2v) is 9.60. The third kappa shape index (κ3) is 5.56. The average Bonchev–Trinajstić information content (AvgIpc) is 3.31. The summed E-state index contributed by atoms with van der Waals surface area (Å²) in [5, 5.41) is 4.97. The first-order valence-electron chi connectivity index (χ1n) is 11.2. The highest BCUT2D eigenvalue weighted by atomic mass is 35.5. The fraction of sp³-hybridized carbons (Fsp3) is 0.143. The first kappa shape index (κ1) is 23.1. The molecule has 176 valence electrons. The molecule has 0 bridgehead atoms. The number of hydrogen-bond acceptors (Lipinski definition) is 6. The first-order chi connectivity index (χ1) is 17.1. The smallest absolute Gasteiger partial charge is 0.161 e. The van der Waals surface area contributed by atoms with Gasteiger partial charge in [0.1, 0.15) is 16.8 Å². The van der Waals surface area contributed by atoms with Gasteiger partial charge in [-0.05, 0) is 72.6 Å². The maximum Gasteiger partial charge on any atom is 0.161 e. The van der Waals surface area contributed by atoms with Gasteiger partial charge in [-0.2, -0.15) is 0 Å². The van der Waals surface area contributed by atoms with Gasteiger partial charge in [-0.25, -0.2) is 9.97 Å². The van der Waals surface area contributed by atoms with Crippen molar-refractivity contribution in [2.24, 2.45) is 0 Å². The number of nitrogens with zero attached hydrogens (tertiary/aromatic N) is 2. The summed E-state index contributed by atoms with van der Waals surface area (Å²) in [5.74, 6) is 1.37. The Balaban J connectivity index is 1.22. The molecule has 2 heterocycles. The SMILES string of the molecule is COc1cc(CNc2ccc(-c3nc4ccc(C)cc4s3)cc2)ccc1OCc1ccc(Cl)nc1. The van der Waals surface area contributed by atoms with Crippen LogP contribution in [0.1, 0.15) is 16.7 Å². The molecule has 2 aromatic heterocycles. The molecule has 0 saturated heterocycles. The van der Waals surface area contributed by atoms with Gasteiger partial charge in [0.15, 0.2) is 11.5 Å². The molecular weight excluding hydrogens is 478 g/mol. The highest BCUT2D eigenvalue weighted by Crippen LogP contribution is 2.32. The second kappa shape index (κ2) is 10.3. The first-order valence-corrected chi connectivity index (χ1v) is 12.4. The molecule has 0 radical (unpaired) electrons. The fourth-order valence-corrected chi connectivity index (χ4v) is 4.87. The van der Waals surface area contributed by atoms with E-state index in [-0.39, 0.29) is 0 Å². The molecule has 0 spiro atoms. The van der Waals surface area contributed by atoms with Gasteiger partial charge in [-0.1, -0.05) is 29.8 Å². The molecule has 7 heteroatoms. The largest absolute Gasteiger partial charge is 0.493 e. The highest BCUT2D eigenvalue weighted by Gasteiger charge is 2.09. The van der Waals surface area contributed by atoms with Crippen molar-refractivity contribution in [1.82, 2.24) is 9.97 Å². The highest BCUT2D eigenvalue weighted by molar-refractivity contribution is 7.21. The lowest BCUT2D eigenvalue weighted by atomic mass is 10.1. The molecule has 0 unspecified atom stereocenters. The van der Waals surface area contributed by atoms with Gasteiger partial charge in [0.25, 0.3) is 0 Å². The zero-order chi connectivity index (χ0) is 24.2. The van der Waals surface area contributed by atoms with Crippen molar-refractivity contribution in [3.63, 3.8) is 0 Å². The Morgan fingerprint density at radius 3 is 2.51 bits per heavy atom. The van der Waals surface area contributed by atoms with Gasteiger partial charge in [0, 0.05) is 29.6 Å². The van der Waals surface area contributed by atoms with Crippen LogP contribution in [-0.2, 0) is 13.2 Å². The van der Waals surface area contributed by atoms with Gasteiger partial charge >= 0.3 is 0 Å². The molecule has 0 fully saturated rings. The zero-order valence-electron chi connectivity index (χ0n) is 19.4. The molecule has 0 atom stereocenters. The predicted molar refractivity (Wildman–Crippen MR) is 144 cm³/mol. The van der Waals surface area contributed by atoms with Crippen LogP contribution in [0.4, 0.5) is 5.69 Å². The van der Waals surface area contributed by atoms with E-state index in [0.717, 1.165) is 32.9 Å². The lowest BCUT2D eigenvalue weighted by Gasteiger charge is -2.13. The van der Waals surface area contributed by atoms with Gasteiger partial charge < -0.3 is 14.8 Å². The summed E-state index contributed by atoms with van der Waals surface area (Å²) in [4.78, 5) is 8.86. The van der Waals surface area contributed by atoms with Crippen LogP contribution in [0.5, 0.6) is 11.5 Å². The molecule has 0 aliphatic carbocycles. The summed E-state index contributed by atoms with van der Waals surface area (Å²) in [6.07, 6.45) is 1.70. The molecule has 0 saturated carbocycles.